The molecule has 2 aromatic carbocycles. The van der Waals surface area contributed by atoms with Crippen LogP contribution in [0.3, 0.4) is 0 Å². The molecule has 24 heavy (non-hydrogen) atoms. The van der Waals surface area contributed by atoms with Gasteiger partial charge in [-0.05, 0) is 43.5 Å². The van der Waals surface area contributed by atoms with E-state index in [4.69, 9.17) is 9.47 Å². The Morgan fingerprint density at radius 3 is 2.29 bits per heavy atom. The molecule has 0 bridgehead atoms. The quantitative estimate of drug-likeness (QED) is 0.565. The molecule has 0 radical (unpaired) electrons. The van der Waals surface area contributed by atoms with Crippen LogP contribution >= 0.6 is 0 Å². The molecule has 0 amide bonds. The van der Waals surface area contributed by atoms with Crippen LogP contribution in [0, 0.1) is 0 Å². The zero-order valence-electron chi connectivity index (χ0n) is 14.3. The van der Waals surface area contributed by atoms with E-state index >= 15 is 0 Å². The molecule has 0 saturated heterocycles. The number of benzene rings is 2. The summed E-state index contributed by atoms with van der Waals surface area (Å²) in [5.41, 5.74) is 2.55. The summed E-state index contributed by atoms with van der Waals surface area (Å²) in [6.07, 6.45) is 0.702. The average molecular weight is 326 g/mol. The van der Waals surface area contributed by atoms with Gasteiger partial charge in [0.1, 0.15) is 12.4 Å². The van der Waals surface area contributed by atoms with Gasteiger partial charge in [-0.3, -0.25) is 4.79 Å². The zero-order chi connectivity index (χ0) is 17.5. The second kappa shape index (κ2) is 8.29. The maximum absolute atomic E-state index is 12.2. The monoisotopic (exact) mass is 326 g/mol. The molecule has 0 atom stereocenters. The molecule has 0 aliphatic heterocycles. The number of aryl methyl sites for hydroxylation is 1. The van der Waals surface area contributed by atoms with Gasteiger partial charge in [0, 0.05) is 5.56 Å². The van der Waals surface area contributed by atoms with Crippen LogP contribution in [0.1, 0.15) is 52.6 Å². The maximum Gasteiger partial charge on any atom is 0.338 e. The molecule has 0 aliphatic carbocycles. The van der Waals surface area contributed by atoms with Crippen molar-refractivity contribution in [2.75, 3.05) is 6.61 Å². The summed E-state index contributed by atoms with van der Waals surface area (Å²) in [6, 6.07) is 13.1. The minimum Gasteiger partial charge on any atom is -0.489 e. The third-order valence-electron chi connectivity index (χ3n) is 3.69. The van der Waals surface area contributed by atoms with Crippen LogP contribution in [0.25, 0.3) is 0 Å². The molecule has 0 aromatic heterocycles. The van der Waals surface area contributed by atoms with Crippen molar-refractivity contribution in [3.05, 3.63) is 64.7 Å². The molecule has 0 heterocycles. The van der Waals surface area contributed by atoms with Crippen molar-refractivity contribution in [1.29, 1.82) is 0 Å². The van der Waals surface area contributed by atoms with E-state index in [0.29, 0.717) is 24.3 Å². The Bertz CT molecular complexity index is 720. The SMILES string of the molecule is CCOC(=O)c1cc(OCc2ccccc2)c(CC)cc1C(C)=O. The first-order valence-electron chi connectivity index (χ1n) is 8.08. The molecule has 4 heteroatoms. The topological polar surface area (TPSA) is 52.6 Å². The highest BCUT2D eigenvalue weighted by Gasteiger charge is 2.19. The Hall–Kier alpha value is -2.62. The van der Waals surface area contributed by atoms with Crippen molar-refractivity contribution < 1.29 is 19.1 Å². The van der Waals surface area contributed by atoms with Crippen LogP contribution in [0.2, 0.25) is 0 Å². The van der Waals surface area contributed by atoms with Crippen molar-refractivity contribution in [2.45, 2.75) is 33.8 Å². The van der Waals surface area contributed by atoms with E-state index in [1.54, 1.807) is 19.1 Å². The molecule has 0 N–H and O–H groups in total. The normalized spacial score (nSPS) is 10.3. The Morgan fingerprint density at radius 1 is 1.00 bits per heavy atom. The molecular weight excluding hydrogens is 304 g/mol. The Kier molecular flexibility index (Phi) is 6.13. The Morgan fingerprint density at radius 2 is 1.71 bits per heavy atom. The molecule has 0 spiro atoms. The number of carbonyl (C=O) groups excluding carboxylic acids is 2. The van der Waals surface area contributed by atoms with Crippen LogP contribution in [0.5, 0.6) is 5.75 Å². The van der Waals surface area contributed by atoms with Gasteiger partial charge in [0.2, 0.25) is 0 Å². The van der Waals surface area contributed by atoms with E-state index in [1.807, 2.05) is 37.3 Å². The lowest BCUT2D eigenvalue weighted by atomic mass is 9.98. The lowest BCUT2D eigenvalue weighted by Gasteiger charge is -2.15. The standard InChI is InChI=1S/C20H22O4/c1-4-16-11-17(14(3)21)18(20(22)23-5-2)12-19(16)24-13-15-9-7-6-8-10-15/h6-12H,4-5,13H2,1-3H3. The number of hydrogen-bond donors (Lipinski definition) is 0. The fourth-order valence-electron chi connectivity index (χ4n) is 2.44. The molecule has 126 valence electrons. The number of carbonyl (C=O) groups is 2. The van der Waals surface area contributed by atoms with E-state index in [2.05, 4.69) is 0 Å². The van der Waals surface area contributed by atoms with Crippen LogP contribution < -0.4 is 4.74 Å². The summed E-state index contributed by atoms with van der Waals surface area (Å²) >= 11 is 0. The van der Waals surface area contributed by atoms with Crippen LogP contribution in [0.15, 0.2) is 42.5 Å². The van der Waals surface area contributed by atoms with Gasteiger partial charge in [-0.1, -0.05) is 37.3 Å². The van der Waals surface area contributed by atoms with E-state index in [-0.39, 0.29) is 18.0 Å². The summed E-state index contributed by atoms with van der Waals surface area (Å²) in [5, 5.41) is 0. The number of rotatable bonds is 7. The minimum absolute atomic E-state index is 0.164. The molecule has 2 rings (SSSR count). The van der Waals surface area contributed by atoms with Crippen molar-refractivity contribution in [3.8, 4) is 5.75 Å². The first-order valence-corrected chi connectivity index (χ1v) is 8.08. The fraction of sp³-hybridized carbons (Fsp3) is 0.300. The second-order valence-corrected chi connectivity index (χ2v) is 5.41. The summed E-state index contributed by atoms with van der Waals surface area (Å²) < 4.78 is 11.0. The minimum atomic E-state index is -0.505. The van der Waals surface area contributed by atoms with Crippen LogP contribution in [-0.2, 0) is 17.8 Å². The number of Topliss-reactive ketones (excluding diaryl/α,β-unsaturated/α-hetero) is 1. The van der Waals surface area contributed by atoms with E-state index in [9.17, 15) is 9.59 Å². The Balaban J connectivity index is 2.36. The first kappa shape index (κ1) is 17.7. The molecule has 0 fully saturated rings. The van der Waals surface area contributed by atoms with Crippen molar-refractivity contribution in [2.24, 2.45) is 0 Å². The van der Waals surface area contributed by atoms with Crippen molar-refractivity contribution in [1.82, 2.24) is 0 Å². The van der Waals surface area contributed by atoms with Crippen LogP contribution in [0.4, 0.5) is 0 Å². The number of esters is 1. The molecule has 0 aliphatic rings. The number of ether oxygens (including phenoxy) is 2. The summed E-state index contributed by atoms with van der Waals surface area (Å²) in [4.78, 5) is 24.1. The summed E-state index contributed by atoms with van der Waals surface area (Å²) in [6.45, 7) is 5.82. The average Bonchev–Trinajstić information content (AvgIpc) is 2.60. The highest BCUT2D eigenvalue weighted by molar-refractivity contribution is 6.05. The molecule has 4 nitrogen and oxygen atoms in total. The van der Waals surface area contributed by atoms with Crippen molar-refractivity contribution >= 4 is 11.8 Å². The third kappa shape index (κ3) is 4.22. The van der Waals surface area contributed by atoms with Gasteiger partial charge in [0.05, 0.1) is 12.2 Å². The lowest BCUT2D eigenvalue weighted by Crippen LogP contribution is -2.12. The number of hydrogen-bond acceptors (Lipinski definition) is 4. The zero-order valence-corrected chi connectivity index (χ0v) is 14.3. The van der Waals surface area contributed by atoms with Gasteiger partial charge in [-0.25, -0.2) is 4.79 Å². The van der Waals surface area contributed by atoms with Gasteiger partial charge in [-0.2, -0.15) is 0 Å². The molecule has 0 unspecified atom stereocenters. The van der Waals surface area contributed by atoms with E-state index < -0.39 is 5.97 Å². The summed E-state index contributed by atoms with van der Waals surface area (Å²) in [5.74, 6) is -0.0633. The Labute approximate surface area is 142 Å². The lowest BCUT2D eigenvalue weighted by molar-refractivity contribution is 0.0522. The molecular formula is C20H22O4. The first-order chi connectivity index (χ1) is 11.6. The van der Waals surface area contributed by atoms with Gasteiger partial charge in [-0.15, -0.1) is 0 Å². The van der Waals surface area contributed by atoms with E-state index in [0.717, 1.165) is 11.1 Å². The predicted molar refractivity (Wildman–Crippen MR) is 92.6 cm³/mol. The van der Waals surface area contributed by atoms with Gasteiger partial charge >= 0.3 is 5.97 Å². The van der Waals surface area contributed by atoms with Gasteiger partial charge < -0.3 is 9.47 Å². The second-order valence-electron chi connectivity index (χ2n) is 5.41. The van der Waals surface area contributed by atoms with Gasteiger partial charge in [0.15, 0.2) is 5.78 Å². The van der Waals surface area contributed by atoms with Crippen LogP contribution in [-0.4, -0.2) is 18.4 Å². The van der Waals surface area contributed by atoms with Crippen molar-refractivity contribution in [3.63, 3.8) is 0 Å². The van der Waals surface area contributed by atoms with Gasteiger partial charge in [0.25, 0.3) is 0 Å². The fourth-order valence-corrected chi connectivity index (χ4v) is 2.44. The smallest absolute Gasteiger partial charge is 0.338 e. The summed E-state index contributed by atoms with van der Waals surface area (Å²) in [7, 11) is 0. The predicted octanol–water partition coefficient (Wildman–Crippen LogP) is 4.21. The maximum atomic E-state index is 12.2. The third-order valence-corrected chi connectivity index (χ3v) is 3.69. The highest BCUT2D eigenvalue weighted by Crippen LogP contribution is 2.26. The highest BCUT2D eigenvalue weighted by atomic mass is 16.5. The molecule has 2 aromatic rings. The molecule has 0 saturated carbocycles. The largest absolute Gasteiger partial charge is 0.489 e. The number of ketones is 1. The van der Waals surface area contributed by atoms with E-state index in [1.165, 1.54) is 6.92 Å².